The number of benzene rings is 1. The van der Waals surface area contributed by atoms with Crippen LogP contribution in [0.5, 0.6) is 0 Å². The molecule has 0 aliphatic carbocycles. The van der Waals surface area contributed by atoms with Crippen LogP contribution in [0.25, 0.3) is 38.2 Å². The van der Waals surface area contributed by atoms with Crippen LogP contribution in [0.1, 0.15) is 15.2 Å². The molecule has 0 spiro atoms. The molecular weight excluding hydrogens is 317 g/mol. The average molecular weight is 335 g/mol. The van der Waals surface area contributed by atoms with Gasteiger partial charge in [0.2, 0.25) is 17.1 Å². The summed E-state index contributed by atoms with van der Waals surface area (Å²) in [4.78, 5) is 7.61. The molecule has 0 amide bonds. The molecule has 0 saturated heterocycles. The highest BCUT2D eigenvalue weighted by atomic mass is 19.1. The fraction of sp³-hybridized carbons (Fsp3) is 0.150. The number of rotatable bonds is 1. The van der Waals surface area contributed by atoms with E-state index in [1.54, 1.807) is 17.7 Å². The van der Waals surface area contributed by atoms with Gasteiger partial charge in [0.15, 0.2) is 11.8 Å². The van der Waals surface area contributed by atoms with Gasteiger partial charge in [0.05, 0.1) is 12.1 Å². The summed E-state index contributed by atoms with van der Waals surface area (Å²) in [5.74, 6) is -0.797. The lowest BCUT2D eigenvalue weighted by molar-refractivity contribution is -0.661. The van der Waals surface area contributed by atoms with Crippen molar-refractivity contribution in [3.8, 4) is 11.3 Å². The summed E-state index contributed by atoms with van der Waals surface area (Å²) in [5, 5.41) is 1.46. The zero-order chi connectivity index (χ0) is 20.2. The second kappa shape index (κ2) is 5.38. The highest BCUT2D eigenvalue weighted by Gasteiger charge is 2.22. The quantitative estimate of drug-likeness (QED) is 0.371. The second-order valence-electron chi connectivity index (χ2n) is 5.93. The first-order valence-corrected chi connectivity index (χ1v) is 7.60. The van der Waals surface area contributed by atoms with E-state index in [9.17, 15) is 4.39 Å². The van der Waals surface area contributed by atoms with Crippen molar-refractivity contribution in [3.05, 3.63) is 65.0 Å². The Labute approximate surface area is 148 Å². The molecule has 0 N–H and O–H groups in total. The van der Waals surface area contributed by atoms with Gasteiger partial charge in [-0.3, -0.25) is 0 Å². The first-order valence-electron chi connectivity index (χ1n) is 9.10. The Bertz CT molecular complexity index is 1300. The van der Waals surface area contributed by atoms with Crippen LogP contribution in [0, 0.1) is 26.2 Å². The van der Waals surface area contributed by atoms with Crippen LogP contribution in [-0.2, 0) is 7.05 Å². The van der Waals surface area contributed by atoms with Crippen LogP contribution in [0.2, 0.25) is 0 Å². The summed E-state index contributed by atoms with van der Waals surface area (Å²) in [7, 11) is 1.67. The molecule has 122 valence electrons. The molecule has 0 unspecified atom stereocenters. The maximum Gasteiger partial charge on any atom is 0.224 e. The lowest BCUT2D eigenvalue weighted by Crippen LogP contribution is -2.31. The highest BCUT2D eigenvalue weighted by Crippen LogP contribution is 2.37. The van der Waals surface area contributed by atoms with Gasteiger partial charge >= 0.3 is 0 Å². The summed E-state index contributed by atoms with van der Waals surface area (Å²) in [5.41, 5.74) is 2.94. The third-order valence-corrected chi connectivity index (χ3v) is 4.30. The lowest BCUT2D eigenvalue weighted by atomic mass is 10.0. The van der Waals surface area contributed by atoms with Crippen molar-refractivity contribution in [1.82, 2.24) is 4.98 Å². The Balaban J connectivity index is 2.06. The maximum absolute atomic E-state index is 14.6. The molecule has 3 aromatic heterocycles. The SMILES string of the molecule is [2H]C([2H])([2H])c1c[n+](C)c(-c2c(C)ccc3c2oc2ncc([N+]#[C-])cc23)cc1F. The average Bonchev–Trinajstić information content (AvgIpc) is 3.00. The fourth-order valence-corrected chi connectivity index (χ4v) is 3.06. The van der Waals surface area contributed by atoms with Crippen LogP contribution in [-0.4, -0.2) is 4.98 Å². The lowest BCUT2D eigenvalue weighted by Gasteiger charge is -2.06. The predicted molar refractivity (Wildman–Crippen MR) is 93.8 cm³/mol. The number of hydrogen-bond acceptors (Lipinski definition) is 2. The van der Waals surface area contributed by atoms with Crippen molar-refractivity contribution in [2.45, 2.75) is 13.8 Å². The van der Waals surface area contributed by atoms with Crippen molar-refractivity contribution >= 4 is 27.8 Å². The van der Waals surface area contributed by atoms with E-state index in [0.717, 1.165) is 10.9 Å². The van der Waals surface area contributed by atoms with Gasteiger partial charge in [-0.1, -0.05) is 12.1 Å². The number of aromatic nitrogens is 2. The molecule has 0 atom stereocenters. The molecule has 0 saturated carbocycles. The molecule has 4 nitrogen and oxygen atoms in total. The fourth-order valence-electron chi connectivity index (χ4n) is 3.06. The van der Waals surface area contributed by atoms with Gasteiger partial charge in [-0.2, -0.15) is 0 Å². The van der Waals surface area contributed by atoms with E-state index >= 15 is 0 Å². The molecule has 0 fully saturated rings. The van der Waals surface area contributed by atoms with E-state index < -0.39 is 12.7 Å². The van der Waals surface area contributed by atoms with Crippen molar-refractivity contribution in [2.75, 3.05) is 0 Å². The van der Waals surface area contributed by atoms with Crippen molar-refractivity contribution in [3.63, 3.8) is 0 Å². The Hall–Kier alpha value is -3.26. The standard InChI is InChI=1S/C20H15FN3O/c1-11-5-6-14-15-7-13(22-3)9-23-20(15)25-19(14)18(11)17-8-16(21)12(2)10-24(17)4/h5-10H,1-2,4H3/q+1/i2D3. The van der Waals surface area contributed by atoms with Crippen LogP contribution in [0.4, 0.5) is 10.1 Å². The van der Waals surface area contributed by atoms with Gasteiger partial charge in [-0.15, -0.1) is 0 Å². The summed E-state index contributed by atoms with van der Waals surface area (Å²) >= 11 is 0. The zero-order valence-electron chi connectivity index (χ0n) is 16.6. The van der Waals surface area contributed by atoms with Gasteiger partial charge in [-0.05, 0) is 25.4 Å². The van der Waals surface area contributed by atoms with Crippen LogP contribution < -0.4 is 4.57 Å². The minimum atomic E-state index is -2.54. The third-order valence-electron chi connectivity index (χ3n) is 4.30. The van der Waals surface area contributed by atoms with E-state index in [1.165, 1.54) is 18.5 Å². The van der Waals surface area contributed by atoms with Gasteiger partial charge in [0, 0.05) is 32.7 Å². The summed E-state index contributed by atoms with van der Waals surface area (Å²) in [6.07, 6.45) is 2.73. The Morgan fingerprint density at radius 1 is 1.28 bits per heavy atom. The largest absolute Gasteiger partial charge is 0.437 e. The molecule has 1 aromatic carbocycles. The molecule has 5 heteroatoms. The van der Waals surface area contributed by atoms with E-state index in [4.69, 9.17) is 15.1 Å². The third kappa shape index (κ3) is 2.26. The molecule has 3 heterocycles. The van der Waals surface area contributed by atoms with Crippen LogP contribution >= 0.6 is 0 Å². The molecule has 0 aliphatic rings. The molecule has 25 heavy (non-hydrogen) atoms. The second-order valence-corrected chi connectivity index (χ2v) is 5.93. The highest BCUT2D eigenvalue weighted by molar-refractivity contribution is 6.09. The molecule has 0 aliphatic heterocycles. The molecule has 4 rings (SSSR count). The van der Waals surface area contributed by atoms with Gasteiger partial charge < -0.3 is 4.42 Å². The van der Waals surface area contributed by atoms with E-state index in [0.29, 0.717) is 33.6 Å². The van der Waals surface area contributed by atoms with Gasteiger partial charge in [0.25, 0.3) is 0 Å². The van der Waals surface area contributed by atoms with E-state index in [1.807, 2.05) is 19.1 Å². The topological polar surface area (TPSA) is 34.3 Å². The number of hydrogen-bond donors (Lipinski definition) is 0. The van der Waals surface area contributed by atoms with Crippen molar-refractivity contribution < 1.29 is 17.5 Å². The van der Waals surface area contributed by atoms with Crippen molar-refractivity contribution in [2.24, 2.45) is 7.05 Å². The number of pyridine rings is 2. The van der Waals surface area contributed by atoms with Crippen LogP contribution in [0.3, 0.4) is 0 Å². The smallest absolute Gasteiger partial charge is 0.224 e. The van der Waals surface area contributed by atoms with E-state index in [2.05, 4.69) is 9.83 Å². The molecular formula is C20H15FN3O+. The first-order chi connectivity index (χ1) is 13.2. The number of furan rings is 1. The first kappa shape index (κ1) is 12.2. The number of aryl methyl sites for hydroxylation is 3. The normalized spacial score (nSPS) is 13.4. The predicted octanol–water partition coefficient (Wildman–Crippen LogP) is 4.78. The Morgan fingerprint density at radius 3 is 2.88 bits per heavy atom. The van der Waals surface area contributed by atoms with Gasteiger partial charge in [-0.25, -0.2) is 18.8 Å². The minimum absolute atomic E-state index is 0.337. The monoisotopic (exact) mass is 335 g/mol. The molecule has 4 aromatic rings. The Kier molecular flexibility index (Phi) is 2.62. The number of fused-ring (bicyclic) bond motifs is 3. The Morgan fingerprint density at radius 2 is 2.12 bits per heavy atom. The number of halogens is 1. The summed E-state index contributed by atoms with van der Waals surface area (Å²) < 4.78 is 44.6. The summed E-state index contributed by atoms with van der Waals surface area (Å²) in [6, 6.07) is 6.68. The molecule has 0 bridgehead atoms. The van der Waals surface area contributed by atoms with Gasteiger partial charge in [0.1, 0.15) is 12.9 Å². The molecule has 0 radical (unpaired) electrons. The maximum atomic E-state index is 14.6. The van der Waals surface area contributed by atoms with E-state index in [-0.39, 0.29) is 5.56 Å². The summed E-state index contributed by atoms with van der Waals surface area (Å²) in [6.45, 7) is 6.51. The minimum Gasteiger partial charge on any atom is -0.437 e. The van der Waals surface area contributed by atoms with Crippen molar-refractivity contribution in [1.29, 1.82) is 0 Å². The van der Waals surface area contributed by atoms with Crippen LogP contribution in [0.15, 0.2) is 41.1 Å². The number of nitrogens with zero attached hydrogens (tertiary/aromatic N) is 3. The zero-order valence-corrected chi connectivity index (χ0v) is 13.6.